The molecular weight excluding hydrogens is 624 g/mol. The molecule has 0 aromatic heterocycles. The molecule has 0 bridgehead atoms. The maximum absolute atomic E-state index is 13.1. The second kappa shape index (κ2) is 25.0. The highest BCUT2D eigenvalue weighted by atomic mass is 16.6. The van der Waals surface area contributed by atoms with Crippen LogP contribution >= 0.6 is 0 Å². The number of hydrogen-bond donors (Lipinski definition) is 0. The van der Waals surface area contributed by atoms with Crippen molar-refractivity contribution in [3.05, 3.63) is 76.4 Å². The van der Waals surface area contributed by atoms with E-state index in [0.717, 1.165) is 16.7 Å². The van der Waals surface area contributed by atoms with Crippen LogP contribution in [0, 0.1) is 6.92 Å². The molecule has 0 radical (unpaired) electrons. The highest BCUT2D eigenvalue weighted by molar-refractivity contribution is 6.35. The highest BCUT2D eigenvalue weighted by Gasteiger charge is 2.35. The molecule has 0 unspecified atom stereocenters. The van der Waals surface area contributed by atoms with Crippen LogP contribution in [0.15, 0.2) is 54.1 Å². The lowest BCUT2D eigenvalue weighted by Crippen LogP contribution is -2.18. The van der Waals surface area contributed by atoms with Crippen molar-refractivity contribution in [2.75, 3.05) is 126 Å². The minimum atomic E-state index is -0.653. The maximum atomic E-state index is 13.1. The molecule has 1 aliphatic carbocycles. The van der Waals surface area contributed by atoms with E-state index in [4.69, 9.17) is 47.4 Å². The summed E-state index contributed by atoms with van der Waals surface area (Å²) < 4.78 is 53.9. The summed E-state index contributed by atoms with van der Waals surface area (Å²) in [6, 6.07) is 15.0. The predicted molar refractivity (Wildman–Crippen MR) is 177 cm³/mol. The first kappa shape index (κ1) is 39.4. The summed E-state index contributed by atoms with van der Waals surface area (Å²) in [6.07, 6.45) is 0. The Hall–Kier alpha value is -3.04. The molecule has 0 N–H and O–H groups in total. The van der Waals surface area contributed by atoms with Gasteiger partial charge in [-0.1, -0.05) is 54.1 Å². The lowest BCUT2D eigenvalue weighted by Gasteiger charge is -2.10. The Morgan fingerprint density at radius 1 is 0.500 bits per heavy atom. The molecular formula is C36H50O12. The molecule has 1 aliphatic rings. The van der Waals surface area contributed by atoms with Crippen molar-refractivity contribution in [3.63, 3.8) is 0 Å². The lowest BCUT2D eigenvalue weighted by atomic mass is 9.97. The summed E-state index contributed by atoms with van der Waals surface area (Å²) in [5.74, 6) is -0.977. The fourth-order valence-corrected chi connectivity index (χ4v) is 4.55. The van der Waals surface area contributed by atoms with Gasteiger partial charge in [0.1, 0.15) is 12.2 Å². The molecule has 2 aromatic rings. The molecule has 48 heavy (non-hydrogen) atoms. The fourth-order valence-electron chi connectivity index (χ4n) is 4.55. The molecule has 12 nitrogen and oxygen atoms in total. The highest BCUT2D eigenvalue weighted by Crippen LogP contribution is 2.38. The van der Waals surface area contributed by atoms with E-state index in [2.05, 4.69) is 0 Å². The SMILES string of the molecule is COCCOCCOCCOCCOCCOCCOCCOCCOCCOC(=O)C1=C(c2ccc(C)cc2)c2ccccc2C1=O. The van der Waals surface area contributed by atoms with Gasteiger partial charge in [0.2, 0.25) is 5.78 Å². The van der Waals surface area contributed by atoms with Gasteiger partial charge in [-0.15, -0.1) is 0 Å². The average Bonchev–Trinajstić information content (AvgIpc) is 3.40. The first-order valence-electron chi connectivity index (χ1n) is 16.4. The first-order chi connectivity index (χ1) is 23.6. The van der Waals surface area contributed by atoms with E-state index in [9.17, 15) is 9.59 Å². The van der Waals surface area contributed by atoms with Crippen LogP contribution in [0.2, 0.25) is 0 Å². The van der Waals surface area contributed by atoms with Crippen molar-refractivity contribution in [2.24, 2.45) is 0 Å². The Labute approximate surface area is 283 Å². The Balaban J connectivity index is 1.10. The molecule has 0 amide bonds. The van der Waals surface area contributed by atoms with Gasteiger partial charge in [0, 0.05) is 18.2 Å². The van der Waals surface area contributed by atoms with Gasteiger partial charge in [-0.05, 0) is 18.1 Å². The molecule has 0 spiro atoms. The molecule has 2 aromatic carbocycles. The summed E-state index contributed by atoms with van der Waals surface area (Å²) in [4.78, 5) is 26.1. The maximum Gasteiger partial charge on any atom is 0.342 e. The normalized spacial score (nSPS) is 12.6. The number of rotatable bonds is 29. The number of ether oxygens (including phenoxy) is 10. The van der Waals surface area contributed by atoms with Crippen molar-refractivity contribution in [2.45, 2.75) is 6.92 Å². The quantitative estimate of drug-likeness (QED) is 0.0714. The molecule has 0 aliphatic heterocycles. The van der Waals surface area contributed by atoms with Gasteiger partial charge in [0.25, 0.3) is 0 Å². The third kappa shape index (κ3) is 15.0. The van der Waals surface area contributed by atoms with Crippen molar-refractivity contribution in [1.29, 1.82) is 0 Å². The minimum absolute atomic E-state index is 0.0254. The van der Waals surface area contributed by atoms with Crippen LogP contribution in [0.3, 0.4) is 0 Å². The fraction of sp³-hybridized carbons (Fsp3) is 0.556. The molecule has 0 saturated carbocycles. The summed E-state index contributed by atoms with van der Waals surface area (Å²) in [5, 5.41) is 0. The molecule has 12 heteroatoms. The molecule has 266 valence electrons. The van der Waals surface area contributed by atoms with Crippen LogP contribution in [0.4, 0.5) is 0 Å². The number of carbonyl (C=O) groups excluding carboxylic acids is 2. The zero-order valence-corrected chi connectivity index (χ0v) is 28.2. The summed E-state index contributed by atoms with van der Waals surface area (Å²) >= 11 is 0. The van der Waals surface area contributed by atoms with E-state index in [-0.39, 0.29) is 24.6 Å². The van der Waals surface area contributed by atoms with Crippen molar-refractivity contribution in [1.82, 2.24) is 0 Å². The predicted octanol–water partition coefficient (Wildman–Crippen LogP) is 3.32. The van der Waals surface area contributed by atoms with Gasteiger partial charge >= 0.3 is 5.97 Å². The summed E-state index contributed by atoms with van der Waals surface area (Å²) in [6.45, 7) is 9.94. The van der Waals surface area contributed by atoms with Gasteiger partial charge in [0.15, 0.2) is 0 Å². The Morgan fingerprint density at radius 3 is 1.29 bits per heavy atom. The largest absolute Gasteiger partial charge is 0.460 e. The first-order valence-corrected chi connectivity index (χ1v) is 16.4. The number of fused-ring (bicyclic) bond motifs is 1. The van der Waals surface area contributed by atoms with E-state index >= 15 is 0 Å². The standard InChI is InChI=1S/C36H50O12/c1-29-7-9-30(10-8-29)33-31-5-3-4-6-32(31)35(37)34(33)36(38)48-28-27-47-26-25-46-24-23-45-22-21-44-20-19-43-18-17-42-16-15-41-14-13-40-12-11-39-2/h3-10H,11-28H2,1-2H3. The van der Waals surface area contributed by atoms with Crippen LogP contribution in [-0.4, -0.2) is 138 Å². The number of Topliss-reactive ketones (excluding diaryl/α,β-unsaturated/α-hetero) is 1. The number of ketones is 1. The van der Waals surface area contributed by atoms with Crippen LogP contribution in [-0.2, 0) is 52.2 Å². The van der Waals surface area contributed by atoms with E-state index in [1.54, 1.807) is 19.2 Å². The van der Waals surface area contributed by atoms with Gasteiger partial charge < -0.3 is 47.4 Å². The number of esters is 1. The van der Waals surface area contributed by atoms with E-state index in [0.29, 0.717) is 117 Å². The minimum Gasteiger partial charge on any atom is -0.460 e. The Bertz CT molecular complexity index is 1210. The smallest absolute Gasteiger partial charge is 0.342 e. The summed E-state index contributed by atoms with van der Waals surface area (Å²) in [7, 11) is 1.64. The van der Waals surface area contributed by atoms with Crippen molar-refractivity contribution in [3.8, 4) is 0 Å². The molecule has 3 rings (SSSR count). The van der Waals surface area contributed by atoms with E-state index < -0.39 is 5.97 Å². The van der Waals surface area contributed by atoms with Crippen molar-refractivity contribution >= 4 is 17.3 Å². The van der Waals surface area contributed by atoms with E-state index in [1.165, 1.54) is 0 Å². The molecule has 0 heterocycles. The lowest BCUT2D eigenvalue weighted by molar-refractivity contribution is -0.140. The van der Waals surface area contributed by atoms with Crippen molar-refractivity contribution < 1.29 is 57.0 Å². The number of aryl methyl sites for hydroxylation is 1. The van der Waals surface area contributed by atoms with Crippen LogP contribution in [0.25, 0.3) is 5.57 Å². The zero-order chi connectivity index (χ0) is 34.1. The second-order valence-corrected chi connectivity index (χ2v) is 10.5. The zero-order valence-electron chi connectivity index (χ0n) is 28.2. The third-order valence-electron chi connectivity index (χ3n) is 6.96. The van der Waals surface area contributed by atoms with Gasteiger partial charge in [-0.25, -0.2) is 4.79 Å². The van der Waals surface area contributed by atoms with E-state index in [1.807, 2.05) is 43.3 Å². The monoisotopic (exact) mass is 674 g/mol. The van der Waals surface area contributed by atoms with Crippen LogP contribution in [0.1, 0.15) is 27.0 Å². The molecule has 0 atom stereocenters. The summed E-state index contributed by atoms with van der Waals surface area (Å²) in [5.41, 5.74) is 3.78. The van der Waals surface area contributed by atoms with Crippen LogP contribution < -0.4 is 0 Å². The Kier molecular flexibility index (Phi) is 20.5. The second-order valence-electron chi connectivity index (χ2n) is 10.5. The Morgan fingerprint density at radius 2 is 0.875 bits per heavy atom. The average molecular weight is 675 g/mol. The van der Waals surface area contributed by atoms with Gasteiger partial charge in [0.05, 0.1) is 112 Å². The molecule has 0 saturated heterocycles. The molecule has 0 fully saturated rings. The topological polar surface area (TPSA) is 126 Å². The van der Waals surface area contributed by atoms with Gasteiger partial charge in [-0.3, -0.25) is 4.79 Å². The van der Waals surface area contributed by atoms with Crippen LogP contribution in [0.5, 0.6) is 0 Å². The number of benzene rings is 2. The van der Waals surface area contributed by atoms with Gasteiger partial charge in [-0.2, -0.15) is 0 Å². The number of carbonyl (C=O) groups is 2. The third-order valence-corrected chi connectivity index (χ3v) is 6.96. The number of methoxy groups -OCH3 is 1. The number of hydrogen-bond acceptors (Lipinski definition) is 12.